The molecule has 0 atom stereocenters. The minimum atomic E-state index is -0.921. The van der Waals surface area contributed by atoms with Crippen LogP contribution >= 0.6 is 15.9 Å². The van der Waals surface area contributed by atoms with Crippen LogP contribution in [-0.4, -0.2) is 10.9 Å². The number of benzene rings is 1. The van der Waals surface area contributed by atoms with Crippen LogP contribution in [0.5, 0.6) is 0 Å². The van der Waals surface area contributed by atoms with Crippen molar-refractivity contribution in [1.82, 2.24) is 4.98 Å². The van der Waals surface area contributed by atoms with Crippen LogP contribution in [0.25, 0.3) is 0 Å². The minimum Gasteiger partial charge on any atom is -0.317 e. The Bertz CT molecular complexity index is 608. The Morgan fingerprint density at radius 2 is 1.79 bits per heavy atom. The molecule has 0 fully saturated rings. The van der Waals surface area contributed by atoms with E-state index in [0.717, 1.165) is 30.5 Å². The van der Waals surface area contributed by atoms with Crippen molar-refractivity contribution in [2.45, 2.75) is 0 Å². The van der Waals surface area contributed by atoms with Crippen LogP contribution in [0.3, 0.4) is 0 Å². The number of carbonyl (C=O) groups excluding carboxylic acids is 1. The molecule has 0 aliphatic heterocycles. The van der Waals surface area contributed by atoms with Crippen molar-refractivity contribution in [3.05, 3.63) is 58.1 Å². The molecule has 19 heavy (non-hydrogen) atoms. The Morgan fingerprint density at radius 3 is 2.32 bits per heavy atom. The van der Waals surface area contributed by atoms with Gasteiger partial charge in [0, 0.05) is 10.7 Å². The molecule has 98 valence electrons. The van der Waals surface area contributed by atoms with Gasteiger partial charge in [-0.25, -0.2) is 13.8 Å². The van der Waals surface area contributed by atoms with Crippen LogP contribution in [0.2, 0.25) is 0 Å². The number of aromatic nitrogens is 1. The fraction of sp³-hybridized carbons (Fsp3) is 0. The van der Waals surface area contributed by atoms with Crippen LogP contribution in [0, 0.1) is 17.6 Å². The first-order valence-corrected chi connectivity index (χ1v) is 5.84. The molecule has 0 saturated carbocycles. The van der Waals surface area contributed by atoms with Gasteiger partial charge in [-0.1, -0.05) is 15.9 Å². The largest absolute Gasteiger partial charge is 0.317 e. The molecule has 1 amide bonds. The van der Waals surface area contributed by atoms with Gasteiger partial charge in [0.25, 0.3) is 5.91 Å². The molecule has 2 aromatic rings. The van der Waals surface area contributed by atoms with Crippen LogP contribution in [0.4, 0.5) is 18.9 Å². The van der Waals surface area contributed by atoms with E-state index in [1.807, 2.05) is 0 Å². The third-order valence-corrected chi connectivity index (χ3v) is 2.69. The molecule has 0 unspecified atom stereocenters. The molecule has 0 aliphatic rings. The lowest BCUT2D eigenvalue weighted by Gasteiger charge is -2.08. The molecule has 0 bridgehead atoms. The summed E-state index contributed by atoms with van der Waals surface area (Å²) >= 11 is 2.92. The molecular weight excluding hydrogens is 325 g/mol. The highest BCUT2D eigenvalue weighted by Crippen LogP contribution is 2.24. The number of halogens is 4. The SMILES string of the molecule is O=C(Nc1c(F)cc(Br)cc1F)c1ccc(F)nc1. The monoisotopic (exact) mass is 330 g/mol. The van der Waals surface area contributed by atoms with Crippen molar-refractivity contribution in [2.24, 2.45) is 0 Å². The molecule has 0 saturated heterocycles. The molecule has 1 heterocycles. The van der Waals surface area contributed by atoms with E-state index in [0.29, 0.717) is 0 Å². The lowest BCUT2D eigenvalue weighted by atomic mass is 10.2. The molecule has 0 spiro atoms. The van der Waals surface area contributed by atoms with Crippen molar-refractivity contribution in [1.29, 1.82) is 0 Å². The lowest BCUT2D eigenvalue weighted by Crippen LogP contribution is -2.14. The van der Waals surface area contributed by atoms with Gasteiger partial charge in [0.2, 0.25) is 5.95 Å². The van der Waals surface area contributed by atoms with Gasteiger partial charge in [-0.05, 0) is 24.3 Å². The Labute approximate surface area is 114 Å². The van der Waals surface area contributed by atoms with E-state index in [-0.39, 0.29) is 10.0 Å². The van der Waals surface area contributed by atoms with Crippen molar-refractivity contribution < 1.29 is 18.0 Å². The van der Waals surface area contributed by atoms with E-state index in [4.69, 9.17) is 0 Å². The van der Waals surface area contributed by atoms with Gasteiger partial charge in [0.1, 0.15) is 5.69 Å². The van der Waals surface area contributed by atoms with Crippen LogP contribution in [-0.2, 0) is 0 Å². The van der Waals surface area contributed by atoms with E-state index in [9.17, 15) is 18.0 Å². The number of anilines is 1. The molecule has 0 radical (unpaired) electrons. The number of nitrogens with zero attached hydrogens (tertiary/aromatic N) is 1. The molecule has 7 heteroatoms. The molecule has 1 aromatic heterocycles. The predicted octanol–water partition coefficient (Wildman–Crippen LogP) is 3.51. The van der Waals surface area contributed by atoms with E-state index in [1.54, 1.807) is 0 Å². The molecule has 1 aromatic carbocycles. The maximum atomic E-state index is 13.5. The molecule has 3 nitrogen and oxygen atoms in total. The van der Waals surface area contributed by atoms with E-state index in [2.05, 4.69) is 26.2 Å². The quantitative estimate of drug-likeness (QED) is 0.856. The number of hydrogen-bond donors (Lipinski definition) is 1. The van der Waals surface area contributed by atoms with Crippen molar-refractivity contribution in [2.75, 3.05) is 5.32 Å². The standard InChI is InChI=1S/C12H6BrF3N2O/c13-7-3-8(14)11(9(15)4-7)18-12(19)6-1-2-10(16)17-5-6/h1-5H,(H,18,19). The zero-order valence-electron chi connectivity index (χ0n) is 9.25. The van der Waals surface area contributed by atoms with Crippen molar-refractivity contribution >= 4 is 27.5 Å². The normalized spacial score (nSPS) is 10.3. The first kappa shape index (κ1) is 13.5. The molecule has 1 N–H and O–H groups in total. The molecule has 2 rings (SSSR count). The number of nitrogens with one attached hydrogen (secondary N) is 1. The van der Waals surface area contributed by atoms with Gasteiger partial charge >= 0.3 is 0 Å². The number of amides is 1. The summed E-state index contributed by atoms with van der Waals surface area (Å²) in [6.45, 7) is 0. The van der Waals surface area contributed by atoms with Crippen molar-refractivity contribution in [3.8, 4) is 0 Å². The Kier molecular flexibility index (Phi) is 3.84. The van der Waals surface area contributed by atoms with Crippen LogP contribution in [0.1, 0.15) is 10.4 Å². The zero-order chi connectivity index (χ0) is 14.0. The van der Waals surface area contributed by atoms with E-state index in [1.165, 1.54) is 0 Å². The second-order valence-corrected chi connectivity index (χ2v) is 4.48. The summed E-state index contributed by atoms with van der Waals surface area (Å²) in [5, 5.41) is 2.07. The third-order valence-electron chi connectivity index (χ3n) is 2.23. The van der Waals surface area contributed by atoms with E-state index >= 15 is 0 Å². The average molecular weight is 331 g/mol. The summed E-state index contributed by atoms with van der Waals surface area (Å²) in [6, 6.07) is 4.17. The summed E-state index contributed by atoms with van der Waals surface area (Å²) in [5.74, 6) is -3.38. The maximum Gasteiger partial charge on any atom is 0.257 e. The minimum absolute atomic E-state index is 0.0110. The summed E-state index contributed by atoms with van der Waals surface area (Å²) < 4.78 is 39.8. The van der Waals surface area contributed by atoms with Gasteiger partial charge in [0.15, 0.2) is 11.6 Å². The Morgan fingerprint density at radius 1 is 1.16 bits per heavy atom. The summed E-state index contributed by atoms with van der Waals surface area (Å²) in [4.78, 5) is 15.0. The van der Waals surface area contributed by atoms with Crippen molar-refractivity contribution in [3.63, 3.8) is 0 Å². The number of hydrogen-bond acceptors (Lipinski definition) is 2. The number of rotatable bonds is 2. The van der Waals surface area contributed by atoms with E-state index < -0.39 is 29.2 Å². The first-order chi connectivity index (χ1) is 8.97. The Balaban J connectivity index is 2.26. The number of carbonyl (C=O) groups is 1. The third kappa shape index (κ3) is 3.11. The van der Waals surface area contributed by atoms with Gasteiger partial charge in [-0.3, -0.25) is 4.79 Å². The van der Waals surface area contributed by atoms with Crippen LogP contribution in [0.15, 0.2) is 34.9 Å². The topological polar surface area (TPSA) is 42.0 Å². The molecular formula is C12H6BrF3N2O. The summed E-state index contributed by atoms with van der Waals surface area (Å²) in [5.41, 5.74) is -0.583. The van der Waals surface area contributed by atoms with Gasteiger partial charge < -0.3 is 5.32 Å². The van der Waals surface area contributed by atoms with Crippen LogP contribution < -0.4 is 5.32 Å². The van der Waals surface area contributed by atoms with Gasteiger partial charge in [0.05, 0.1) is 5.56 Å². The highest BCUT2D eigenvalue weighted by atomic mass is 79.9. The summed E-state index contributed by atoms with van der Waals surface area (Å²) in [6.07, 6.45) is 0.972. The second kappa shape index (κ2) is 5.40. The predicted molar refractivity (Wildman–Crippen MR) is 66.2 cm³/mol. The summed E-state index contributed by atoms with van der Waals surface area (Å²) in [7, 11) is 0. The molecule has 0 aliphatic carbocycles. The number of pyridine rings is 1. The lowest BCUT2D eigenvalue weighted by molar-refractivity contribution is 0.102. The zero-order valence-corrected chi connectivity index (χ0v) is 10.8. The highest BCUT2D eigenvalue weighted by molar-refractivity contribution is 9.10. The second-order valence-electron chi connectivity index (χ2n) is 3.57. The fourth-order valence-electron chi connectivity index (χ4n) is 1.36. The smallest absolute Gasteiger partial charge is 0.257 e. The average Bonchev–Trinajstić information content (AvgIpc) is 2.34. The highest BCUT2D eigenvalue weighted by Gasteiger charge is 2.15. The fourth-order valence-corrected chi connectivity index (χ4v) is 1.76. The maximum absolute atomic E-state index is 13.5. The van der Waals surface area contributed by atoms with Gasteiger partial charge in [-0.15, -0.1) is 0 Å². The van der Waals surface area contributed by atoms with Gasteiger partial charge in [-0.2, -0.15) is 4.39 Å². The Hall–Kier alpha value is -1.89. The first-order valence-electron chi connectivity index (χ1n) is 5.05.